The number of aromatic nitrogens is 3. The smallest absolute Gasteiger partial charge is 0.391 e. The molecule has 2 saturated heterocycles. The number of aryl methyl sites for hydroxylation is 2. The molecule has 49 heavy (non-hydrogen) atoms. The van der Waals surface area contributed by atoms with Gasteiger partial charge in [-0.05, 0) is 80.9 Å². The molecule has 12 heteroatoms. The summed E-state index contributed by atoms with van der Waals surface area (Å²) in [7, 11) is 0. The number of hydrogen-bond donors (Lipinski definition) is 1. The van der Waals surface area contributed by atoms with E-state index >= 15 is 4.39 Å². The lowest BCUT2D eigenvalue weighted by atomic mass is 9.95. The summed E-state index contributed by atoms with van der Waals surface area (Å²) in [6, 6.07) is 8.81. The van der Waals surface area contributed by atoms with E-state index in [1.165, 1.54) is 6.07 Å². The number of halogens is 5. The largest absolute Gasteiger partial charge is 0.463 e. The number of rotatable bonds is 6. The minimum absolute atomic E-state index is 0.0795. The molecule has 0 radical (unpaired) electrons. The highest BCUT2D eigenvalue weighted by Crippen LogP contribution is 2.48. The van der Waals surface area contributed by atoms with Crippen LogP contribution in [0, 0.1) is 29.9 Å². The number of piperidine rings is 1. The van der Waals surface area contributed by atoms with Crippen LogP contribution >= 0.6 is 0 Å². The van der Waals surface area contributed by atoms with Crippen LogP contribution in [0.1, 0.15) is 57.2 Å². The first kappa shape index (κ1) is 33.8. The van der Waals surface area contributed by atoms with E-state index in [9.17, 15) is 17.6 Å². The molecule has 1 aliphatic carbocycles. The van der Waals surface area contributed by atoms with Crippen molar-refractivity contribution in [2.45, 2.75) is 71.5 Å². The molecule has 1 saturated carbocycles. The van der Waals surface area contributed by atoms with Crippen molar-refractivity contribution in [3.63, 3.8) is 0 Å². The minimum Gasteiger partial charge on any atom is -0.463 e. The van der Waals surface area contributed by atoms with Crippen molar-refractivity contribution in [2.24, 2.45) is 11.3 Å². The summed E-state index contributed by atoms with van der Waals surface area (Å²) in [6.07, 6.45) is -0.712. The monoisotopic (exact) mass is 682 g/mol. The molecule has 7 nitrogen and oxygen atoms in total. The fourth-order valence-corrected chi connectivity index (χ4v) is 7.81. The van der Waals surface area contributed by atoms with Crippen molar-refractivity contribution in [3.8, 4) is 17.3 Å². The zero-order valence-electron chi connectivity index (χ0n) is 28.3. The Bertz CT molecular complexity index is 1850. The molecule has 4 aliphatic rings. The average molecular weight is 683 g/mol. The molecule has 8 rings (SSSR count). The van der Waals surface area contributed by atoms with Crippen molar-refractivity contribution >= 4 is 27.5 Å². The van der Waals surface area contributed by atoms with Crippen molar-refractivity contribution in [1.82, 2.24) is 25.2 Å². The van der Waals surface area contributed by atoms with Crippen LogP contribution in [-0.4, -0.2) is 77.9 Å². The first-order chi connectivity index (χ1) is 23.6. The third-order valence-corrected chi connectivity index (χ3v) is 10.7. The van der Waals surface area contributed by atoms with Gasteiger partial charge in [-0.1, -0.05) is 38.1 Å². The predicted octanol–water partition coefficient (Wildman–Crippen LogP) is 7.62. The fraction of sp³-hybridized carbons (Fsp3) is 0.541. The average Bonchev–Trinajstić information content (AvgIpc) is 3.90. The van der Waals surface area contributed by atoms with Gasteiger partial charge < -0.3 is 19.9 Å². The summed E-state index contributed by atoms with van der Waals surface area (Å²) in [5, 5.41) is 5.44. The van der Waals surface area contributed by atoms with Crippen LogP contribution in [0.3, 0.4) is 0 Å². The molecule has 3 fully saturated rings. The highest BCUT2D eigenvalue weighted by molar-refractivity contribution is 6.01. The maximum Gasteiger partial charge on any atom is 0.391 e. The van der Waals surface area contributed by atoms with Gasteiger partial charge in [-0.25, -0.2) is 13.8 Å². The van der Waals surface area contributed by atoms with Crippen LogP contribution < -0.4 is 15.0 Å². The van der Waals surface area contributed by atoms with Crippen molar-refractivity contribution < 1.29 is 26.7 Å². The summed E-state index contributed by atoms with van der Waals surface area (Å²) in [5.41, 5.74) is 1.72. The number of anilines is 1. The quantitative estimate of drug-likeness (QED) is 0.210. The van der Waals surface area contributed by atoms with Crippen LogP contribution in [0.2, 0.25) is 0 Å². The van der Waals surface area contributed by atoms with E-state index in [0.717, 1.165) is 37.7 Å². The second-order valence-electron chi connectivity index (χ2n) is 13.8. The van der Waals surface area contributed by atoms with Gasteiger partial charge in [-0.15, -0.1) is 0 Å². The van der Waals surface area contributed by atoms with Crippen LogP contribution in [0.5, 0.6) is 6.01 Å². The molecule has 2 aromatic carbocycles. The first-order valence-corrected chi connectivity index (χ1v) is 17.6. The molecule has 1 N–H and O–H groups in total. The maximum absolute atomic E-state index is 16.9. The van der Waals surface area contributed by atoms with Gasteiger partial charge in [-0.3, -0.25) is 0 Å². The van der Waals surface area contributed by atoms with E-state index in [1.807, 2.05) is 26.0 Å². The van der Waals surface area contributed by atoms with Crippen molar-refractivity contribution in [1.29, 1.82) is 0 Å². The van der Waals surface area contributed by atoms with Gasteiger partial charge >= 0.3 is 12.2 Å². The van der Waals surface area contributed by atoms with E-state index in [2.05, 4.69) is 20.1 Å². The molecule has 0 amide bonds. The van der Waals surface area contributed by atoms with Gasteiger partial charge in [0.1, 0.15) is 22.8 Å². The summed E-state index contributed by atoms with van der Waals surface area (Å²) < 4.78 is 77.5. The van der Waals surface area contributed by atoms with Gasteiger partial charge in [0, 0.05) is 43.2 Å². The molecule has 1 atom stereocenters. The zero-order valence-corrected chi connectivity index (χ0v) is 28.3. The number of piperazine rings is 1. The molecule has 262 valence electrons. The highest BCUT2D eigenvalue weighted by atomic mass is 19.4. The Balaban J connectivity index is 0.00000186. The number of nitrogens with one attached hydrogen (secondary N) is 1. The molecule has 4 aromatic rings. The lowest BCUT2D eigenvalue weighted by Crippen LogP contribution is -2.51. The zero-order chi connectivity index (χ0) is 34.5. The van der Waals surface area contributed by atoms with Gasteiger partial charge in [0.25, 0.3) is 0 Å². The number of nitrogens with zero attached hydrogens (tertiary/aromatic N) is 5. The molecule has 2 aromatic heterocycles. The Morgan fingerprint density at radius 2 is 1.73 bits per heavy atom. The van der Waals surface area contributed by atoms with E-state index < -0.39 is 17.9 Å². The normalized spacial score (nSPS) is 20.8. The van der Waals surface area contributed by atoms with Crippen LogP contribution in [0.4, 0.5) is 27.8 Å². The topological polar surface area (TPSA) is 66.4 Å². The van der Waals surface area contributed by atoms with Gasteiger partial charge in [0.05, 0.1) is 23.6 Å². The lowest BCUT2D eigenvalue weighted by molar-refractivity contribution is -0.185. The number of hydrogen-bond acceptors (Lipinski definition) is 7. The Kier molecular flexibility index (Phi) is 9.14. The first-order valence-electron chi connectivity index (χ1n) is 17.6. The molecule has 0 spiro atoms. The fourth-order valence-electron chi connectivity index (χ4n) is 7.81. The van der Waals surface area contributed by atoms with Crippen LogP contribution in [0.15, 0.2) is 30.3 Å². The standard InChI is InChI=1S/C35H37F5N6O.C2H6/c1-20-25(36)7-5-21-3-2-4-24(27(20)21)30-29(37)31-28-26(42-30)8-6-23-17-41-13-16-46(23)32(28)44-33(43-31)47-19-34(11-12-34)18-45-14-9-22(10-15-45)35(38,39)40;1-2/h2-5,7,22-23,41H,6,8-19H2,1H3;1-2H3. The Labute approximate surface area is 283 Å². The lowest BCUT2D eigenvalue weighted by Gasteiger charge is -2.36. The van der Waals surface area contributed by atoms with Gasteiger partial charge in [0.15, 0.2) is 5.82 Å². The van der Waals surface area contributed by atoms with E-state index in [1.54, 1.807) is 19.1 Å². The van der Waals surface area contributed by atoms with E-state index in [0.29, 0.717) is 72.6 Å². The molecule has 5 heterocycles. The summed E-state index contributed by atoms with van der Waals surface area (Å²) >= 11 is 0. The molecule has 1 unspecified atom stereocenters. The van der Waals surface area contributed by atoms with E-state index in [-0.39, 0.29) is 47.3 Å². The maximum atomic E-state index is 16.9. The Morgan fingerprint density at radius 1 is 0.959 bits per heavy atom. The second kappa shape index (κ2) is 13.2. The van der Waals surface area contributed by atoms with Crippen LogP contribution in [0.25, 0.3) is 32.9 Å². The Hall–Kier alpha value is -3.64. The number of fused-ring (bicyclic) bond motifs is 3. The molecular formula is C37H43F5N6O. The predicted molar refractivity (Wildman–Crippen MR) is 181 cm³/mol. The Morgan fingerprint density at radius 3 is 2.47 bits per heavy atom. The number of alkyl halides is 3. The van der Waals surface area contributed by atoms with Crippen molar-refractivity contribution in [2.75, 3.05) is 50.8 Å². The van der Waals surface area contributed by atoms with Crippen LogP contribution in [-0.2, 0) is 6.42 Å². The van der Waals surface area contributed by atoms with Gasteiger partial charge in [-0.2, -0.15) is 23.1 Å². The third kappa shape index (κ3) is 6.42. The van der Waals surface area contributed by atoms with Gasteiger partial charge in [0.2, 0.25) is 0 Å². The highest BCUT2D eigenvalue weighted by Gasteiger charge is 2.47. The number of benzene rings is 2. The SMILES string of the molecule is CC.Cc1c(F)ccc2cccc(-c3nc4c5c(nc(OCC6(CN7CCC(C(F)(F)F)CC7)CC6)nc5c3F)N3CCNCC3CC4)c12. The molecule has 3 aliphatic heterocycles. The second-order valence-corrected chi connectivity index (χ2v) is 13.8. The van der Waals surface area contributed by atoms with E-state index in [4.69, 9.17) is 14.7 Å². The number of likely N-dealkylation sites (tertiary alicyclic amines) is 1. The number of ether oxygens (including phenoxy) is 1. The summed E-state index contributed by atoms with van der Waals surface area (Å²) in [6.45, 7) is 9.69. The minimum atomic E-state index is -4.14. The molecular weight excluding hydrogens is 639 g/mol. The summed E-state index contributed by atoms with van der Waals surface area (Å²) in [5.74, 6) is -1.59. The number of pyridine rings is 1. The van der Waals surface area contributed by atoms with Crippen molar-refractivity contribution in [3.05, 3.63) is 53.2 Å². The summed E-state index contributed by atoms with van der Waals surface area (Å²) in [4.78, 5) is 18.8. The third-order valence-electron chi connectivity index (χ3n) is 10.7. The molecule has 0 bridgehead atoms.